The van der Waals surface area contributed by atoms with Crippen LogP contribution in [0.1, 0.15) is 38.7 Å². The summed E-state index contributed by atoms with van der Waals surface area (Å²) in [5.74, 6) is 0.0103. The molecule has 26 heavy (non-hydrogen) atoms. The topological polar surface area (TPSA) is 69.7 Å². The number of likely N-dealkylation sites (tertiary alicyclic amines) is 1. The van der Waals surface area contributed by atoms with Gasteiger partial charge in [0.1, 0.15) is 12.1 Å². The van der Waals surface area contributed by atoms with Gasteiger partial charge in [-0.2, -0.15) is 0 Å². The minimum absolute atomic E-state index is 0.146. The van der Waals surface area contributed by atoms with Crippen LogP contribution in [0.25, 0.3) is 0 Å². The molecule has 2 aliphatic rings. The molecule has 0 radical (unpaired) electrons. The van der Waals surface area contributed by atoms with Crippen LogP contribution in [0.2, 0.25) is 0 Å². The van der Waals surface area contributed by atoms with Gasteiger partial charge in [-0.3, -0.25) is 14.5 Å². The fourth-order valence-electron chi connectivity index (χ4n) is 3.75. The predicted octanol–water partition coefficient (Wildman–Crippen LogP) is 2.19. The number of hydrogen-bond donors (Lipinski definition) is 1. The number of carbonyl (C=O) groups is 3. The molecule has 2 atom stereocenters. The number of urea groups is 1. The molecule has 2 unspecified atom stereocenters. The number of aryl methyl sites for hydroxylation is 1. The molecule has 1 N–H and O–H groups in total. The number of nitrogens with one attached hydrogen (secondary N) is 1. The summed E-state index contributed by atoms with van der Waals surface area (Å²) >= 11 is 0. The zero-order valence-electron chi connectivity index (χ0n) is 15.5. The zero-order valence-corrected chi connectivity index (χ0v) is 15.5. The maximum absolute atomic E-state index is 12.8. The maximum atomic E-state index is 12.8. The van der Waals surface area contributed by atoms with Crippen molar-refractivity contribution in [2.75, 3.05) is 19.6 Å². The van der Waals surface area contributed by atoms with E-state index in [1.54, 1.807) is 11.8 Å². The summed E-state index contributed by atoms with van der Waals surface area (Å²) in [5, 5.41) is 2.78. The van der Waals surface area contributed by atoms with Crippen molar-refractivity contribution in [2.45, 2.75) is 45.1 Å². The summed E-state index contributed by atoms with van der Waals surface area (Å²) in [6, 6.07) is 9.40. The summed E-state index contributed by atoms with van der Waals surface area (Å²) in [6.45, 7) is 5.10. The Morgan fingerprint density at radius 3 is 2.69 bits per heavy atom. The molecular formula is C20H27N3O3. The number of hydrogen-bond acceptors (Lipinski definition) is 3. The number of rotatable bonds is 5. The quantitative estimate of drug-likeness (QED) is 0.821. The number of nitrogens with zero attached hydrogens (tertiary/aromatic N) is 2. The lowest BCUT2D eigenvalue weighted by molar-refractivity contribution is -0.139. The van der Waals surface area contributed by atoms with Gasteiger partial charge in [0.25, 0.3) is 5.91 Å². The largest absolute Gasteiger partial charge is 0.341 e. The lowest BCUT2D eigenvalue weighted by Crippen LogP contribution is -2.47. The van der Waals surface area contributed by atoms with Crippen LogP contribution >= 0.6 is 0 Å². The van der Waals surface area contributed by atoms with Crippen molar-refractivity contribution in [3.8, 4) is 0 Å². The van der Waals surface area contributed by atoms with Crippen LogP contribution in [-0.4, -0.2) is 52.8 Å². The van der Waals surface area contributed by atoms with E-state index in [2.05, 4.69) is 12.2 Å². The molecule has 0 saturated carbocycles. The molecule has 140 valence electrons. The van der Waals surface area contributed by atoms with Gasteiger partial charge in [-0.25, -0.2) is 4.79 Å². The Morgan fingerprint density at radius 1 is 1.27 bits per heavy atom. The molecule has 1 aromatic rings. The molecule has 3 rings (SSSR count). The second-order valence-corrected chi connectivity index (χ2v) is 7.73. The molecule has 4 amide bonds. The van der Waals surface area contributed by atoms with Crippen molar-refractivity contribution < 1.29 is 14.4 Å². The van der Waals surface area contributed by atoms with Gasteiger partial charge >= 0.3 is 6.03 Å². The molecule has 0 spiro atoms. The minimum Gasteiger partial charge on any atom is -0.341 e. The van der Waals surface area contributed by atoms with Crippen molar-refractivity contribution in [3.05, 3.63) is 35.9 Å². The molecule has 2 saturated heterocycles. The Hall–Kier alpha value is -2.37. The molecule has 0 bridgehead atoms. The van der Waals surface area contributed by atoms with E-state index in [1.165, 1.54) is 0 Å². The van der Waals surface area contributed by atoms with Crippen LogP contribution < -0.4 is 5.32 Å². The summed E-state index contributed by atoms with van der Waals surface area (Å²) in [6.07, 6.45) is 3.29. The molecule has 0 aliphatic carbocycles. The fourth-order valence-corrected chi connectivity index (χ4v) is 3.75. The van der Waals surface area contributed by atoms with Gasteiger partial charge in [-0.05, 0) is 44.1 Å². The van der Waals surface area contributed by atoms with Crippen molar-refractivity contribution in [1.82, 2.24) is 15.1 Å². The Morgan fingerprint density at radius 2 is 2.00 bits per heavy atom. The van der Waals surface area contributed by atoms with E-state index < -0.39 is 11.6 Å². The molecule has 0 aromatic heterocycles. The molecule has 2 fully saturated rings. The van der Waals surface area contributed by atoms with Crippen LogP contribution in [-0.2, 0) is 16.0 Å². The van der Waals surface area contributed by atoms with Gasteiger partial charge in [0.2, 0.25) is 5.91 Å². The van der Waals surface area contributed by atoms with Gasteiger partial charge in [0.05, 0.1) is 0 Å². The molecule has 6 heteroatoms. The summed E-state index contributed by atoms with van der Waals surface area (Å²) in [4.78, 5) is 40.5. The first-order valence-electron chi connectivity index (χ1n) is 9.35. The van der Waals surface area contributed by atoms with Crippen LogP contribution in [0.15, 0.2) is 30.3 Å². The standard InChI is InChI=1S/C20H27N3O3/c1-15-7-6-12-22(13-15)17(24)14-23-18(25)20(2,21-19(23)26)11-10-16-8-4-3-5-9-16/h3-5,8-9,15H,6-7,10-14H2,1-2H3,(H,21,26). The van der Waals surface area contributed by atoms with Gasteiger partial charge in [0.15, 0.2) is 0 Å². The highest BCUT2D eigenvalue weighted by Gasteiger charge is 2.48. The second-order valence-electron chi connectivity index (χ2n) is 7.73. The Kier molecular flexibility index (Phi) is 5.30. The summed E-state index contributed by atoms with van der Waals surface area (Å²) < 4.78 is 0. The van der Waals surface area contributed by atoms with E-state index in [0.29, 0.717) is 31.8 Å². The number of amides is 4. The van der Waals surface area contributed by atoms with Crippen molar-refractivity contribution >= 4 is 17.8 Å². The molecule has 2 aliphatic heterocycles. The molecular weight excluding hydrogens is 330 g/mol. The van der Waals surface area contributed by atoms with Gasteiger partial charge in [-0.1, -0.05) is 37.3 Å². The van der Waals surface area contributed by atoms with Crippen LogP contribution in [0.3, 0.4) is 0 Å². The van der Waals surface area contributed by atoms with Gasteiger partial charge < -0.3 is 10.2 Å². The van der Waals surface area contributed by atoms with Gasteiger partial charge in [-0.15, -0.1) is 0 Å². The third-order valence-corrected chi connectivity index (χ3v) is 5.40. The van der Waals surface area contributed by atoms with E-state index in [1.807, 2.05) is 30.3 Å². The summed E-state index contributed by atoms with van der Waals surface area (Å²) in [7, 11) is 0. The monoisotopic (exact) mass is 357 g/mol. The van der Waals surface area contributed by atoms with E-state index in [0.717, 1.165) is 23.3 Å². The van der Waals surface area contributed by atoms with E-state index in [-0.39, 0.29) is 18.4 Å². The van der Waals surface area contributed by atoms with E-state index in [4.69, 9.17) is 0 Å². The average molecular weight is 357 g/mol. The fraction of sp³-hybridized carbons (Fsp3) is 0.550. The van der Waals surface area contributed by atoms with Crippen molar-refractivity contribution in [3.63, 3.8) is 0 Å². The lowest BCUT2D eigenvalue weighted by atomic mass is 9.93. The number of carbonyl (C=O) groups excluding carboxylic acids is 3. The highest BCUT2D eigenvalue weighted by Crippen LogP contribution is 2.24. The van der Waals surface area contributed by atoms with E-state index >= 15 is 0 Å². The third-order valence-electron chi connectivity index (χ3n) is 5.40. The normalized spacial score (nSPS) is 26.2. The van der Waals surface area contributed by atoms with Crippen LogP contribution in [0.4, 0.5) is 4.79 Å². The smallest absolute Gasteiger partial charge is 0.325 e. The first-order chi connectivity index (χ1) is 12.4. The maximum Gasteiger partial charge on any atom is 0.325 e. The highest BCUT2D eigenvalue weighted by atomic mass is 16.2. The van der Waals surface area contributed by atoms with Crippen molar-refractivity contribution in [2.24, 2.45) is 5.92 Å². The lowest BCUT2D eigenvalue weighted by Gasteiger charge is -2.31. The van der Waals surface area contributed by atoms with Gasteiger partial charge in [0, 0.05) is 13.1 Å². The minimum atomic E-state index is -0.956. The predicted molar refractivity (Wildman–Crippen MR) is 98.4 cm³/mol. The first kappa shape index (κ1) is 18.4. The highest BCUT2D eigenvalue weighted by molar-refractivity contribution is 6.08. The third kappa shape index (κ3) is 3.89. The zero-order chi connectivity index (χ0) is 18.7. The molecule has 1 aromatic carbocycles. The summed E-state index contributed by atoms with van der Waals surface area (Å²) in [5.41, 5.74) is 0.162. The number of imide groups is 1. The number of piperidine rings is 1. The SMILES string of the molecule is CC1CCCN(C(=O)CN2C(=O)NC(C)(CCc3ccccc3)C2=O)C1. The number of benzene rings is 1. The Balaban J connectivity index is 1.61. The first-order valence-corrected chi connectivity index (χ1v) is 9.35. The average Bonchev–Trinajstić information content (AvgIpc) is 2.84. The Bertz CT molecular complexity index is 691. The molecule has 6 nitrogen and oxygen atoms in total. The second kappa shape index (κ2) is 7.48. The molecule has 2 heterocycles. The Labute approximate surface area is 154 Å². The van der Waals surface area contributed by atoms with Crippen LogP contribution in [0, 0.1) is 5.92 Å². The van der Waals surface area contributed by atoms with Crippen LogP contribution in [0.5, 0.6) is 0 Å². The van der Waals surface area contributed by atoms with Crippen molar-refractivity contribution in [1.29, 1.82) is 0 Å². The van der Waals surface area contributed by atoms with E-state index in [9.17, 15) is 14.4 Å².